The van der Waals surface area contributed by atoms with E-state index in [1.807, 2.05) is 36.4 Å². The Morgan fingerprint density at radius 3 is 2.40 bits per heavy atom. The summed E-state index contributed by atoms with van der Waals surface area (Å²) in [5.41, 5.74) is 3.58. The maximum atomic E-state index is 11.2. The number of fused-ring (bicyclic) bond motifs is 1. The molecule has 122 valence electrons. The number of rotatable bonds is 3. The van der Waals surface area contributed by atoms with Gasteiger partial charge in [-0.05, 0) is 29.8 Å². The SMILES string of the molecule is O=Cc1nnc2cc(-c3ccc(Cl)cc3)c(-c3ccccc3Cl)nn12. The van der Waals surface area contributed by atoms with E-state index >= 15 is 0 Å². The van der Waals surface area contributed by atoms with Crippen molar-refractivity contribution in [2.24, 2.45) is 0 Å². The van der Waals surface area contributed by atoms with Crippen LogP contribution in [0.3, 0.4) is 0 Å². The van der Waals surface area contributed by atoms with Crippen LogP contribution in [0.15, 0.2) is 54.6 Å². The first-order valence-corrected chi connectivity index (χ1v) is 8.15. The summed E-state index contributed by atoms with van der Waals surface area (Å²) < 4.78 is 1.41. The molecule has 25 heavy (non-hydrogen) atoms. The average molecular weight is 369 g/mol. The number of carbonyl (C=O) groups excluding carboxylic acids is 1. The highest BCUT2D eigenvalue weighted by atomic mass is 35.5. The lowest BCUT2D eigenvalue weighted by Crippen LogP contribution is -2.01. The normalized spacial score (nSPS) is 11.0. The molecule has 0 unspecified atom stereocenters. The molecule has 2 aromatic carbocycles. The molecule has 0 aliphatic heterocycles. The molecular weight excluding hydrogens is 359 g/mol. The maximum absolute atomic E-state index is 11.2. The van der Waals surface area contributed by atoms with Crippen LogP contribution in [0.1, 0.15) is 10.6 Å². The lowest BCUT2D eigenvalue weighted by atomic mass is 10.00. The standard InChI is InChI=1S/C18H10Cl2N4O/c19-12-7-5-11(6-8-12)14-9-16-21-22-17(10-25)24(16)23-18(14)13-3-1-2-4-15(13)20/h1-10H. The minimum Gasteiger partial charge on any atom is -0.294 e. The minimum absolute atomic E-state index is 0.131. The molecule has 5 nitrogen and oxygen atoms in total. The summed E-state index contributed by atoms with van der Waals surface area (Å²) in [6.45, 7) is 0. The molecule has 4 aromatic rings. The molecule has 0 N–H and O–H groups in total. The van der Waals surface area contributed by atoms with Crippen molar-refractivity contribution >= 4 is 35.1 Å². The lowest BCUT2D eigenvalue weighted by molar-refractivity contribution is 0.111. The number of hydrogen-bond acceptors (Lipinski definition) is 4. The van der Waals surface area contributed by atoms with Gasteiger partial charge in [0.1, 0.15) is 5.69 Å². The van der Waals surface area contributed by atoms with Crippen LogP contribution in [0.25, 0.3) is 28.0 Å². The van der Waals surface area contributed by atoms with Crippen LogP contribution in [-0.4, -0.2) is 26.1 Å². The van der Waals surface area contributed by atoms with Crippen molar-refractivity contribution < 1.29 is 4.79 Å². The van der Waals surface area contributed by atoms with Gasteiger partial charge < -0.3 is 0 Å². The van der Waals surface area contributed by atoms with E-state index in [-0.39, 0.29) is 5.82 Å². The zero-order valence-electron chi connectivity index (χ0n) is 12.7. The molecule has 0 aliphatic carbocycles. The molecule has 0 bridgehead atoms. The first kappa shape index (κ1) is 15.7. The summed E-state index contributed by atoms with van der Waals surface area (Å²) in [5, 5.41) is 13.6. The highest BCUT2D eigenvalue weighted by molar-refractivity contribution is 6.33. The fraction of sp³-hybridized carbons (Fsp3) is 0. The Morgan fingerprint density at radius 1 is 0.920 bits per heavy atom. The Bertz CT molecular complexity index is 1090. The van der Waals surface area contributed by atoms with Crippen LogP contribution >= 0.6 is 23.2 Å². The molecule has 0 fully saturated rings. The number of benzene rings is 2. The van der Waals surface area contributed by atoms with Gasteiger partial charge in [-0.1, -0.05) is 53.5 Å². The van der Waals surface area contributed by atoms with Gasteiger partial charge in [0.05, 0.1) is 5.02 Å². The monoisotopic (exact) mass is 368 g/mol. The Kier molecular flexibility index (Phi) is 3.95. The summed E-state index contributed by atoms with van der Waals surface area (Å²) in [5.74, 6) is 0.131. The predicted molar refractivity (Wildman–Crippen MR) is 97.1 cm³/mol. The molecule has 0 atom stereocenters. The third kappa shape index (κ3) is 2.77. The first-order chi connectivity index (χ1) is 12.2. The van der Waals surface area contributed by atoms with E-state index in [0.717, 1.165) is 16.7 Å². The number of nitrogens with zero attached hydrogens (tertiary/aromatic N) is 4. The Balaban J connectivity index is 2.06. The van der Waals surface area contributed by atoms with Crippen molar-refractivity contribution in [3.8, 4) is 22.4 Å². The van der Waals surface area contributed by atoms with Crippen LogP contribution in [0, 0.1) is 0 Å². The quantitative estimate of drug-likeness (QED) is 0.496. The van der Waals surface area contributed by atoms with Gasteiger partial charge >= 0.3 is 0 Å². The van der Waals surface area contributed by atoms with Gasteiger partial charge in [0.15, 0.2) is 11.9 Å². The maximum Gasteiger partial charge on any atom is 0.217 e. The molecule has 4 rings (SSSR count). The molecule has 7 heteroatoms. The van der Waals surface area contributed by atoms with Crippen LogP contribution in [0.5, 0.6) is 0 Å². The van der Waals surface area contributed by atoms with Crippen LogP contribution in [0.4, 0.5) is 0 Å². The van der Waals surface area contributed by atoms with Crippen LogP contribution in [-0.2, 0) is 0 Å². The summed E-state index contributed by atoms with van der Waals surface area (Å²) >= 11 is 12.4. The van der Waals surface area contributed by atoms with Gasteiger partial charge in [0, 0.05) is 16.1 Å². The van der Waals surface area contributed by atoms with E-state index in [0.29, 0.717) is 27.7 Å². The van der Waals surface area contributed by atoms with Gasteiger partial charge in [-0.15, -0.1) is 10.2 Å². The topological polar surface area (TPSA) is 60.2 Å². The van der Waals surface area contributed by atoms with Crippen molar-refractivity contribution in [1.82, 2.24) is 19.8 Å². The number of carbonyl (C=O) groups is 1. The second-order valence-corrected chi connectivity index (χ2v) is 6.18. The fourth-order valence-electron chi connectivity index (χ4n) is 2.62. The van der Waals surface area contributed by atoms with E-state index in [4.69, 9.17) is 23.2 Å². The van der Waals surface area contributed by atoms with Crippen molar-refractivity contribution in [3.05, 3.63) is 70.5 Å². The largest absolute Gasteiger partial charge is 0.294 e. The van der Waals surface area contributed by atoms with E-state index in [1.54, 1.807) is 18.2 Å². The number of hydrogen-bond donors (Lipinski definition) is 0. The van der Waals surface area contributed by atoms with Gasteiger partial charge in [-0.2, -0.15) is 9.61 Å². The summed E-state index contributed by atoms with van der Waals surface area (Å²) in [6.07, 6.45) is 0.616. The zero-order valence-corrected chi connectivity index (χ0v) is 14.2. The molecule has 0 spiro atoms. The van der Waals surface area contributed by atoms with Gasteiger partial charge in [0.2, 0.25) is 5.82 Å². The molecule has 0 radical (unpaired) electrons. The molecule has 0 amide bonds. The molecular formula is C18H10Cl2N4O. The molecule has 0 saturated heterocycles. The summed E-state index contributed by atoms with van der Waals surface area (Å²) in [7, 11) is 0. The van der Waals surface area contributed by atoms with Crippen LogP contribution in [0.2, 0.25) is 10.0 Å². The van der Waals surface area contributed by atoms with E-state index in [9.17, 15) is 4.79 Å². The number of halogens is 2. The van der Waals surface area contributed by atoms with Gasteiger partial charge in [0.25, 0.3) is 0 Å². The smallest absolute Gasteiger partial charge is 0.217 e. The highest BCUT2D eigenvalue weighted by Gasteiger charge is 2.16. The lowest BCUT2D eigenvalue weighted by Gasteiger charge is -2.11. The second kappa shape index (κ2) is 6.27. The Labute approximate surface area is 152 Å². The summed E-state index contributed by atoms with van der Waals surface area (Å²) in [6, 6.07) is 16.6. The zero-order chi connectivity index (χ0) is 17.4. The van der Waals surface area contributed by atoms with Gasteiger partial charge in [-0.3, -0.25) is 4.79 Å². The van der Waals surface area contributed by atoms with Gasteiger partial charge in [-0.25, -0.2) is 0 Å². The molecule has 0 aliphatic rings. The Hall–Kier alpha value is -2.76. The predicted octanol–water partition coefficient (Wildman–Crippen LogP) is 4.58. The van der Waals surface area contributed by atoms with Crippen molar-refractivity contribution in [3.63, 3.8) is 0 Å². The third-order valence-electron chi connectivity index (χ3n) is 3.81. The Morgan fingerprint density at radius 2 is 1.68 bits per heavy atom. The second-order valence-electron chi connectivity index (χ2n) is 5.34. The van der Waals surface area contributed by atoms with E-state index in [1.165, 1.54) is 4.52 Å². The van der Waals surface area contributed by atoms with E-state index < -0.39 is 0 Å². The molecule has 2 aromatic heterocycles. The first-order valence-electron chi connectivity index (χ1n) is 7.40. The highest BCUT2D eigenvalue weighted by Crippen LogP contribution is 2.35. The number of aromatic nitrogens is 4. The number of aldehydes is 1. The molecule has 0 saturated carbocycles. The van der Waals surface area contributed by atoms with Crippen molar-refractivity contribution in [2.75, 3.05) is 0 Å². The van der Waals surface area contributed by atoms with Crippen molar-refractivity contribution in [1.29, 1.82) is 0 Å². The average Bonchev–Trinajstić information content (AvgIpc) is 3.04. The van der Waals surface area contributed by atoms with E-state index in [2.05, 4.69) is 15.3 Å². The fourth-order valence-corrected chi connectivity index (χ4v) is 2.97. The van der Waals surface area contributed by atoms with Crippen LogP contribution < -0.4 is 0 Å². The summed E-state index contributed by atoms with van der Waals surface area (Å²) in [4.78, 5) is 11.2. The molecule has 2 heterocycles. The minimum atomic E-state index is 0.131. The third-order valence-corrected chi connectivity index (χ3v) is 4.39. The van der Waals surface area contributed by atoms with Crippen molar-refractivity contribution in [2.45, 2.75) is 0 Å².